The van der Waals surface area contributed by atoms with Crippen molar-refractivity contribution in [2.75, 3.05) is 7.11 Å². The van der Waals surface area contributed by atoms with Gasteiger partial charge in [-0.05, 0) is 69.9 Å². The lowest BCUT2D eigenvalue weighted by atomic mass is 9.87. The Bertz CT molecular complexity index is 1350. The Hall–Kier alpha value is -3.38. The highest BCUT2D eigenvalue weighted by Gasteiger charge is 2.55. The van der Waals surface area contributed by atoms with Gasteiger partial charge in [0.05, 0.1) is 30.8 Å². The minimum Gasteiger partial charge on any atom is -0.457 e. The number of halogens is 1. The fourth-order valence-corrected chi connectivity index (χ4v) is 6.37. The number of hydrogen-bond acceptors (Lipinski definition) is 9. The molecule has 0 aromatic heterocycles. The van der Waals surface area contributed by atoms with Crippen LogP contribution in [0.4, 0.5) is 4.39 Å². The van der Waals surface area contributed by atoms with Gasteiger partial charge in [-0.15, -0.1) is 0 Å². The van der Waals surface area contributed by atoms with Crippen molar-refractivity contribution in [3.05, 3.63) is 71.8 Å². The summed E-state index contributed by atoms with van der Waals surface area (Å²) < 4.78 is 39.5. The van der Waals surface area contributed by atoms with E-state index in [4.69, 9.17) is 18.9 Å². The minimum absolute atomic E-state index is 0.0361. The number of methoxy groups -OCH3 is 1. The third-order valence-electron chi connectivity index (χ3n) is 9.48. The van der Waals surface area contributed by atoms with Gasteiger partial charge in [0.25, 0.3) is 5.91 Å². The summed E-state index contributed by atoms with van der Waals surface area (Å²) in [5.41, 5.74) is -2.58. The molecule has 1 amide bonds. The molecule has 49 heavy (non-hydrogen) atoms. The van der Waals surface area contributed by atoms with Crippen LogP contribution in [0.5, 0.6) is 0 Å². The number of esters is 2. The lowest BCUT2D eigenvalue weighted by molar-refractivity contribution is -0.157. The fourth-order valence-electron chi connectivity index (χ4n) is 6.37. The molecule has 2 aliphatic heterocycles. The van der Waals surface area contributed by atoms with E-state index < -0.39 is 65.5 Å². The van der Waals surface area contributed by atoms with E-state index in [0.717, 1.165) is 6.42 Å². The Labute approximate surface area is 289 Å². The van der Waals surface area contributed by atoms with E-state index in [9.17, 15) is 24.6 Å². The standard InChI is InChI=1S/C38H54FNO9/c1-9-29(46-8)25(4)33-34(49-33)35(40-36(44)27-15-11-10-12-16-27)37(6,39)20-13-14-23(2)32-24(3)17-18-30(47-26(5)41)38(7,45)21-19-28(42)22-31(43)48-32/h10-18,20,24-25,28-30,32-35,42,45H,9,19,21-22H2,1-8H3,(H,40,44)/b18-17+,20-13+,23-14+/t24-,25?,28+,29-,30-,32?,33+,34-,35?,37?,38+/m0/s1. The number of rotatable bonds is 12. The van der Waals surface area contributed by atoms with Crippen LogP contribution in [-0.4, -0.2) is 89.1 Å². The van der Waals surface area contributed by atoms with E-state index in [1.165, 1.54) is 32.9 Å². The van der Waals surface area contributed by atoms with Crippen molar-refractivity contribution in [1.29, 1.82) is 0 Å². The molecule has 10 nitrogen and oxygen atoms in total. The number of aliphatic hydroxyl groups is 2. The summed E-state index contributed by atoms with van der Waals surface area (Å²) in [4.78, 5) is 37.8. The summed E-state index contributed by atoms with van der Waals surface area (Å²) in [6, 6.07) is 7.55. The van der Waals surface area contributed by atoms with Crippen molar-refractivity contribution in [1.82, 2.24) is 5.32 Å². The normalized spacial score (nSPS) is 32.0. The molecule has 3 N–H and O–H groups in total. The summed E-state index contributed by atoms with van der Waals surface area (Å²) in [6.45, 7) is 11.7. The van der Waals surface area contributed by atoms with E-state index in [1.54, 1.807) is 69.5 Å². The third kappa shape index (κ3) is 11.3. The molecule has 2 aliphatic rings. The van der Waals surface area contributed by atoms with E-state index in [2.05, 4.69) is 5.32 Å². The maximum Gasteiger partial charge on any atom is 0.309 e. The Kier molecular flexibility index (Phi) is 14.3. The van der Waals surface area contributed by atoms with Gasteiger partial charge >= 0.3 is 11.9 Å². The Morgan fingerprint density at radius 2 is 1.88 bits per heavy atom. The lowest BCUT2D eigenvalue weighted by Gasteiger charge is -2.32. The number of epoxide rings is 1. The van der Waals surface area contributed by atoms with Crippen LogP contribution in [0.15, 0.2) is 66.3 Å². The van der Waals surface area contributed by atoms with Gasteiger partial charge in [-0.25, -0.2) is 4.39 Å². The molecule has 1 saturated heterocycles. The van der Waals surface area contributed by atoms with Crippen LogP contribution in [0, 0.1) is 11.8 Å². The van der Waals surface area contributed by atoms with Crippen LogP contribution in [0.2, 0.25) is 0 Å². The van der Waals surface area contributed by atoms with E-state index >= 15 is 4.39 Å². The number of aliphatic hydroxyl groups excluding tert-OH is 1. The molecule has 1 aromatic carbocycles. The summed E-state index contributed by atoms with van der Waals surface area (Å²) >= 11 is 0. The first kappa shape index (κ1) is 40.1. The second-order valence-corrected chi connectivity index (χ2v) is 13.8. The van der Waals surface area contributed by atoms with Crippen LogP contribution in [0.1, 0.15) is 84.5 Å². The summed E-state index contributed by atoms with van der Waals surface area (Å²) in [7, 11) is 1.63. The zero-order valence-corrected chi connectivity index (χ0v) is 29.9. The maximum atomic E-state index is 16.7. The predicted molar refractivity (Wildman–Crippen MR) is 183 cm³/mol. The first-order valence-corrected chi connectivity index (χ1v) is 17.0. The van der Waals surface area contributed by atoms with E-state index in [-0.39, 0.29) is 37.4 Å². The van der Waals surface area contributed by atoms with Crippen molar-refractivity contribution in [2.24, 2.45) is 11.8 Å². The smallest absolute Gasteiger partial charge is 0.309 e. The number of allylic oxidation sites excluding steroid dienone is 2. The molecule has 272 valence electrons. The average molecular weight is 688 g/mol. The zero-order valence-electron chi connectivity index (χ0n) is 29.9. The van der Waals surface area contributed by atoms with Gasteiger partial charge in [-0.1, -0.05) is 57.2 Å². The molecule has 1 aromatic rings. The molecule has 2 heterocycles. The summed E-state index contributed by atoms with van der Waals surface area (Å²) in [6.07, 6.45) is 4.47. The number of amides is 1. The van der Waals surface area contributed by atoms with Gasteiger partial charge < -0.3 is 34.5 Å². The topological polar surface area (TPSA) is 144 Å². The number of hydrogen-bond donors (Lipinski definition) is 3. The van der Waals surface area contributed by atoms with Crippen LogP contribution >= 0.6 is 0 Å². The molecule has 0 aliphatic carbocycles. The van der Waals surface area contributed by atoms with E-state index in [0.29, 0.717) is 11.1 Å². The number of nitrogens with one attached hydrogen (secondary N) is 1. The van der Waals surface area contributed by atoms with Crippen molar-refractivity contribution in [2.45, 2.75) is 128 Å². The number of alkyl halides is 1. The van der Waals surface area contributed by atoms with Crippen LogP contribution < -0.4 is 5.32 Å². The molecule has 1 fully saturated rings. The highest BCUT2D eigenvalue weighted by Crippen LogP contribution is 2.40. The Balaban J connectivity index is 1.89. The Morgan fingerprint density at radius 1 is 1.20 bits per heavy atom. The molecule has 3 rings (SSSR count). The molecular weight excluding hydrogens is 633 g/mol. The monoisotopic (exact) mass is 687 g/mol. The van der Waals surface area contributed by atoms with E-state index in [1.807, 2.05) is 13.8 Å². The molecule has 0 radical (unpaired) electrons. The van der Waals surface area contributed by atoms with Gasteiger partial charge in [0, 0.05) is 31.4 Å². The number of benzene rings is 1. The van der Waals surface area contributed by atoms with Crippen LogP contribution in [0.3, 0.4) is 0 Å². The fraction of sp³-hybridized carbons (Fsp3) is 0.605. The minimum atomic E-state index is -2.06. The SMILES string of the molecule is CC[C@H](OC)C(C)[C@H]1O[C@@H]1C(NC(=O)c1ccccc1)C(C)(F)/C=C/C=C(\C)C1OC(=O)C[C@H](O)CC[C@@](C)(O)[C@@H](OC(C)=O)/C=C/[C@@H]1C. The van der Waals surface area contributed by atoms with Crippen molar-refractivity contribution < 1.29 is 47.9 Å². The summed E-state index contributed by atoms with van der Waals surface area (Å²) in [5.74, 6) is -2.12. The largest absolute Gasteiger partial charge is 0.457 e. The lowest BCUT2D eigenvalue weighted by Crippen LogP contribution is -2.52. The highest BCUT2D eigenvalue weighted by atomic mass is 19.1. The molecule has 4 unspecified atom stereocenters. The molecule has 0 saturated carbocycles. The van der Waals surface area contributed by atoms with Gasteiger partial charge in [0.2, 0.25) is 0 Å². The first-order chi connectivity index (χ1) is 23.0. The van der Waals surface area contributed by atoms with Crippen molar-refractivity contribution in [3.8, 4) is 0 Å². The number of cyclic esters (lactones) is 1. The van der Waals surface area contributed by atoms with Gasteiger partial charge in [-0.3, -0.25) is 14.4 Å². The van der Waals surface area contributed by atoms with Gasteiger partial charge in [0.1, 0.15) is 29.6 Å². The number of carbonyl (C=O) groups is 3. The first-order valence-electron chi connectivity index (χ1n) is 17.0. The van der Waals surface area contributed by atoms with Crippen LogP contribution in [0.25, 0.3) is 0 Å². The average Bonchev–Trinajstić information content (AvgIpc) is 3.83. The molecule has 0 spiro atoms. The molecule has 11 atom stereocenters. The third-order valence-corrected chi connectivity index (χ3v) is 9.48. The quantitative estimate of drug-likeness (QED) is 0.117. The van der Waals surface area contributed by atoms with Crippen molar-refractivity contribution in [3.63, 3.8) is 0 Å². The van der Waals surface area contributed by atoms with Crippen LogP contribution in [-0.2, 0) is 28.5 Å². The van der Waals surface area contributed by atoms with Gasteiger partial charge in [0.15, 0.2) is 0 Å². The maximum absolute atomic E-state index is 16.7. The molecular formula is C38H54FNO9. The number of ether oxygens (including phenoxy) is 4. The van der Waals surface area contributed by atoms with Crippen molar-refractivity contribution >= 4 is 17.8 Å². The highest BCUT2D eigenvalue weighted by molar-refractivity contribution is 5.94. The second kappa shape index (κ2) is 17.5. The summed E-state index contributed by atoms with van der Waals surface area (Å²) in [5, 5.41) is 24.4. The molecule has 0 bridgehead atoms. The predicted octanol–water partition coefficient (Wildman–Crippen LogP) is 5.18. The second-order valence-electron chi connectivity index (χ2n) is 13.8. The molecule has 11 heteroatoms. The zero-order chi connectivity index (χ0) is 36.5. The number of carbonyl (C=O) groups excluding carboxylic acids is 3. The van der Waals surface area contributed by atoms with Gasteiger partial charge in [-0.2, -0.15) is 0 Å². The Morgan fingerprint density at radius 3 is 2.49 bits per heavy atom.